The summed E-state index contributed by atoms with van der Waals surface area (Å²) in [7, 11) is 3.21. The zero-order chi connectivity index (χ0) is 23.4. The quantitative estimate of drug-likeness (QED) is 0.442. The van der Waals surface area contributed by atoms with E-state index in [0.717, 1.165) is 17.0 Å². The molecule has 0 aliphatic rings. The number of aromatic nitrogens is 4. The van der Waals surface area contributed by atoms with E-state index in [-0.39, 0.29) is 5.91 Å². The van der Waals surface area contributed by atoms with Crippen LogP contribution in [0.15, 0.2) is 60.9 Å². The first-order chi connectivity index (χ1) is 16.0. The monoisotopic (exact) mass is 447 g/mol. The van der Waals surface area contributed by atoms with Gasteiger partial charge in [0.1, 0.15) is 23.6 Å². The van der Waals surface area contributed by atoms with Gasteiger partial charge in [0.05, 0.1) is 26.0 Å². The summed E-state index contributed by atoms with van der Waals surface area (Å²) >= 11 is 0. The minimum absolute atomic E-state index is 0.277. The van der Waals surface area contributed by atoms with Crippen molar-refractivity contribution < 1.29 is 19.0 Å². The first-order valence-electron chi connectivity index (χ1n) is 10.4. The molecule has 170 valence electrons. The van der Waals surface area contributed by atoms with Gasteiger partial charge in [-0.25, -0.2) is 14.5 Å². The summed E-state index contributed by atoms with van der Waals surface area (Å²) in [5, 5.41) is 7.34. The Morgan fingerprint density at radius 1 is 0.970 bits per heavy atom. The summed E-state index contributed by atoms with van der Waals surface area (Å²) in [5.41, 5.74) is 2.33. The van der Waals surface area contributed by atoms with Crippen LogP contribution in [0.5, 0.6) is 17.2 Å². The number of ether oxygens (including phenoxy) is 3. The van der Waals surface area contributed by atoms with Crippen LogP contribution in [0, 0.1) is 0 Å². The van der Waals surface area contributed by atoms with Crippen LogP contribution in [0.1, 0.15) is 25.7 Å². The Morgan fingerprint density at radius 3 is 2.42 bits per heavy atom. The minimum Gasteiger partial charge on any atom is -0.497 e. The summed E-state index contributed by atoms with van der Waals surface area (Å²) < 4.78 is 17.7. The van der Waals surface area contributed by atoms with E-state index in [1.54, 1.807) is 50.2 Å². The van der Waals surface area contributed by atoms with E-state index >= 15 is 0 Å². The lowest BCUT2D eigenvalue weighted by molar-refractivity contribution is -0.128. The number of fused-ring (bicyclic) bond motifs is 1. The van der Waals surface area contributed by atoms with Crippen molar-refractivity contribution in [3.63, 3.8) is 0 Å². The number of carbonyl (C=O) groups is 1. The van der Waals surface area contributed by atoms with Gasteiger partial charge < -0.3 is 19.5 Å². The van der Waals surface area contributed by atoms with Crippen molar-refractivity contribution in [2.75, 3.05) is 14.2 Å². The minimum atomic E-state index is -0.708. The summed E-state index contributed by atoms with van der Waals surface area (Å²) in [6.07, 6.45) is 0.897. The Hall–Kier alpha value is -4.14. The maximum absolute atomic E-state index is 12.6. The number of hydrogen-bond donors (Lipinski definition) is 1. The van der Waals surface area contributed by atoms with Crippen LogP contribution in [0.25, 0.3) is 16.9 Å². The lowest BCUT2D eigenvalue weighted by atomic mass is 10.1. The Kier molecular flexibility index (Phi) is 6.39. The molecule has 1 N–H and O–H groups in total. The van der Waals surface area contributed by atoms with E-state index in [1.807, 2.05) is 43.3 Å². The number of rotatable bonds is 8. The van der Waals surface area contributed by atoms with Crippen molar-refractivity contribution in [3.8, 4) is 28.5 Å². The molecule has 4 aromatic rings. The average Bonchev–Trinajstić information content (AvgIpc) is 3.28. The fraction of sp³-hybridized carbons (Fsp3) is 0.250. The zero-order valence-electron chi connectivity index (χ0n) is 18.9. The maximum Gasteiger partial charge on any atom is 0.261 e. The number of carbonyl (C=O) groups excluding carboxylic acids is 1. The summed E-state index contributed by atoms with van der Waals surface area (Å²) in [5.74, 6) is 2.18. The lowest BCUT2D eigenvalue weighted by Crippen LogP contribution is -2.38. The van der Waals surface area contributed by atoms with Crippen LogP contribution in [0.2, 0.25) is 0 Å². The van der Waals surface area contributed by atoms with Crippen LogP contribution >= 0.6 is 0 Å². The second-order valence-corrected chi connectivity index (χ2v) is 7.44. The molecule has 33 heavy (non-hydrogen) atoms. The van der Waals surface area contributed by atoms with E-state index in [9.17, 15) is 4.79 Å². The highest BCUT2D eigenvalue weighted by Gasteiger charge is 2.20. The SMILES string of the molecule is COc1ccc(-c2cc3nc([C@H](C)NC(=O)[C@@H](C)Oc4cccc(OC)c4)nn3cn2)cc1. The highest BCUT2D eigenvalue weighted by molar-refractivity contribution is 5.81. The Balaban J connectivity index is 1.44. The third kappa shape index (κ3) is 5.03. The number of hydrogen-bond acceptors (Lipinski definition) is 7. The molecular formula is C24H25N5O4. The van der Waals surface area contributed by atoms with E-state index < -0.39 is 12.1 Å². The smallest absolute Gasteiger partial charge is 0.261 e. The van der Waals surface area contributed by atoms with Gasteiger partial charge in [-0.05, 0) is 50.2 Å². The van der Waals surface area contributed by atoms with Gasteiger partial charge in [-0.3, -0.25) is 4.79 Å². The third-order valence-corrected chi connectivity index (χ3v) is 5.10. The van der Waals surface area contributed by atoms with Crippen LogP contribution in [0.3, 0.4) is 0 Å². The Bertz CT molecular complexity index is 1260. The van der Waals surface area contributed by atoms with E-state index in [1.165, 1.54) is 0 Å². The third-order valence-electron chi connectivity index (χ3n) is 5.10. The fourth-order valence-electron chi connectivity index (χ4n) is 3.24. The highest BCUT2D eigenvalue weighted by atomic mass is 16.5. The first kappa shape index (κ1) is 22.1. The molecule has 4 rings (SSSR count). The number of nitrogens with one attached hydrogen (secondary N) is 1. The van der Waals surface area contributed by atoms with Gasteiger partial charge in [0.25, 0.3) is 5.91 Å². The second kappa shape index (κ2) is 9.56. The zero-order valence-corrected chi connectivity index (χ0v) is 18.9. The molecule has 0 saturated carbocycles. The van der Waals surface area contributed by atoms with E-state index in [4.69, 9.17) is 14.2 Å². The van der Waals surface area contributed by atoms with Crippen LogP contribution < -0.4 is 19.5 Å². The van der Waals surface area contributed by atoms with Crippen molar-refractivity contribution in [1.29, 1.82) is 0 Å². The lowest BCUT2D eigenvalue weighted by Gasteiger charge is -2.17. The van der Waals surface area contributed by atoms with Crippen LogP contribution in [-0.2, 0) is 4.79 Å². The normalized spacial score (nSPS) is 12.7. The number of amides is 1. The van der Waals surface area contributed by atoms with E-state index in [2.05, 4.69) is 20.4 Å². The van der Waals surface area contributed by atoms with Gasteiger partial charge in [0, 0.05) is 17.7 Å². The average molecular weight is 447 g/mol. The Morgan fingerprint density at radius 2 is 1.70 bits per heavy atom. The van der Waals surface area contributed by atoms with E-state index in [0.29, 0.717) is 23.0 Å². The molecule has 0 unspecified atom stereocenters. The van der Waals surface area contributed by atoms with Crippen molar-refractivity contribution in [2.24, 2.45) is 0 Å². The van der Waals surface area contributed by atoms with Gasteiger partial charge in [0.15, 0.2) is 17.6 Å². The molecular weight excluding hydrogens is 422 g/mol. The predicted molar refractivity (Wildman–Crippen MR) is 122 cm³/mol. The largest absolute Gasteiger partial charge is 0.497 e. The first-order valence-corrected chi connectivity index (χ1v) is 10.4. The molecule has 0 radical (unpaired) electrons. The predicted octanol–water partition coefficient (Wildman–Crippen LogP) is 3.45. The number of benzene rings is 2. The number of methoxy groups -OCH3 is 2. The maximum atomic E-state index is 12.6. The van der Waals surface area contributed by atoms with Gasteiger partial charge in [-0.15, -0.1) is 5.10 Å². The topological polar surface area (TPSA) is 99.9 Å². The van der Waals surface area contributed by atoms with Gasteiger partial charge in [-0.2, -0.15) is 0 Å². The molecule has 0 bridgehead atoms. The molecule has 9 nitrogen and oxygen atoms in total. The molecule has 0 aliphatic heterocycles. The van der Waals surface area contributed by atoms with Crippen molar-refractivity contribution >= 4 is 11.6 Å². The van der Waals surface area contributed by atoms with Gasteiger partial charge in [-0.1, -0.05) is 6.07 Å². The molecule has 2 heterocycles. The van der Waals surface area contributed by atoms with Crippen molar-refractivity contribution in [1.82, 2.24) is 24.9 Å². The van der Waals surface area contributed by atoms with Crippen molar-refractivity contribution in [2.45, 2.75) is 26.0 Å². The summed E-state index contributed by atoms with van der Waals surface area (Å²) in [4.78, 5) is 21.7. The Labute approximate surface area is 191 Å². The standard InChI is InChI=1S/C24H25N5O4/c1-15(26-24(30)16(2)33-20-7-5-6-19(12-20)32-4)23-27-22-13-21(25-14-29(22)28-23)17-8-10-18(31-3)11-9-17/h5-16H,1-4H3,(H,26,30)/t15-,16+/m0/s1. The highest BCUT2D eigenvalue weighted by Crippen LogP contribution is 2.22. The summed E-state index contributed by atoms with van der Waals surface area (Å²) in [6, 6.07) is 16.2. The molecule has 9 heteroatoms. The van der Waals surface area contributed by atoms with Gasteiger partial charge >= 0.3 is 0 Å². The van der Waals surface area contributed by atoms with Gasteiger partial charge in [0.2, 0.25) is 0 Å². The van der Waals surface area contributed by atoms with Crippen molar-refractivity contribution in [3.05, 3.63) is 66.7 Å². The molecule has 2 aromatic carbocycles. The fourth-order valence-corrected chi connectivity index (χ4v) is 3.24. The molecule has 2 atom stereocenters. The van der Waals surface area contributed by atoms with Crippen LogP contribution in [0.4, 0.5) is 0 Å². The molecule has 2 aromatic heterocycles. The second-order valence-electron chi connectivity index (χ2n) is 7.44. The molecule has 0 spiro atoms. The molecule has 0 aliphatic carbocycles. The van der Waals surface area contributed by atoms with Crippen LogP contribution in [-0.4, -0.2) is 45.8 Å². The summed E-state index contributed by atoms with van der Waals surface area (Å²) in [6.45, 7) is 3.51. The molecule has 1 amide bonds. The number of nitrogens with zero attached hydrogens (tertiary/aromatic N) is 4. The molecule has 0 fully saturated rings. The molecule has 0 saturated heterocycles.